The summed E-state index contributed by atoms with van der Waals surface area (Å²) in [6.07, 6.45) is 16.3. The summed E-state index contributed by atoms with van der Waals surface area (Å²) in [4.78, 5) is 24.7. The van der Waals surface area contributed by atoms with E-state index in [9.17, 15) is 20.2 Å². The van der Waals surface area contributed by atoms with Crippen LogP contribution in [0.3, 0.4) is 0 Å². The number of fused-ring (bicyclic) bond motifs is 1. The second kappa shape index (κ2) is 15.4. The Morgan fingerprint density at radius 3 is 2.07 bits per heavy atom. The second-order valence-electron chi connectivity index (χ2n) is 14.2. The maximum absolute atomic E-state index is 11.6. The van der Waals surface area contributed by atoms with Crippen molar-refractivity contribution in [1.82, 2.24) is 0 Å². The molecular weight excluding hydrogens is 576 g/mol. The van der Waals surface area contributed by atoms with E-state index in [0.29, 0.717) is 11.8 Å². The maximum atomic E-state index is 11.6. The van der Waals surface area contributed by atoms with E-state index in [1.54, 1.807) is 24.3 Å². The van der Waals surface area contributed by atoms with Gasteiger partial charge in [-0.2, -0.15) is 0 Å². The van der Waals surface area contributed by atoms with Crippen LogP contribution in [-0.2, 0) is 10.8 Å². The van der Waals surface area contributed by atoms with Crippen LogP contribution in [0.25, 0.3) is 0 Å². The lowest BCUT2D eigenvalue weighted by molar-refractivity contribution is -0.385. The second-order valence-corrected chi connectivity index (χ2v) is 14.2. The third kappa shape index (κ3) is 8.74. The SMILES string of the molecule is CC(C)CCNc1ccc([N+](=O)[O-])cc1C(C)(C)[C@H](C)/C=C/C=C/C=C/C=C1/N(CCC(C)C)c2ccc([N+](=O)[O-])cc2C1(C)C. The molecule has 1 N–H and O–H groups in total. The van der Waals surface area contributed by atoms with Crippen molar-refractivity contribution in [2.24, 2.45) is 17.8 Å². The van der Waals surface area contributed by atoms with Gasteiger partial charge in [0.25, 0.3) is 11.4 Å². The van der Waals surface area contributed by atoms with Crippen LogP contribution in [0, 0.1) is 38.0 Å². The van der Waals surface area contributed by atoms with E-state index < -0.39 is 0 Å². The van der Waals surface area contributed by atoms with Crippen LogP contribution in [0.1, 0.15) is 86.3 Å². The Bertz CT molecular complexity index is 1510. The lowest BCUT2D eigenvalue weighted by Crippen LogP contribution is -2.27. The number of hydrogen-bond donors (Lipinski definition) is 1. The minimum Gasteiger partial charge on any atom is -0.385 e. The summed E-state index contributed by atoms with van der Waals surface area (Å²) in [6.45, 7) is 21.1. The number of allylic oxidation sites excluding steroid dienone is 8. The molecule has 0 aliphatic carbocycles. The van der Waals surface area contributed by atoms with Gasteiger partial charge in [-0.1, -0.05) is 98.8 Å². The molecule has 0 spiro atoms. The molecule has 1 aliphatic heterocycles. The zero-order chi connectivity index (χ0) is 34.2. The van der Waals surface area contributed by atoms with E-state index in [2.05, 4.69) is 84.7 Å². The Morgan fingerprint density at radius 2 is 1.43 bits per heavy atom. The first-order valence-corrected chi connectivity index (χ1v) is 16.4. The molecule has 0 amide bonds. The molecule has 2 aromatic carbocycles. The van der Waals surface area contributed by atoms with Gasteiger partial charge in [0.1, 0.15) is 0 Å². The highest BCUT2D eigenvalue weighted by molar-refractivity contribution is 5.72. The number of rotatable bonds is 15. The molecular formula is C38H52N4O4. The van der Waals surface area contributed by atoms with Gasteiger partial charge in [-0.25, -0.2) is 0 Å². The highest BCUT2D eigenvalue weighted by atomic mass is 16.6. The molecule has 0 bridgehead atoms. The monoisotopic (exact) mass is 628 g/mol. The quantitative estimate of drug-likeness (QED) is 0.120. The highest BCUT2D eigenvalue weighted by Crippen LogP contribution is 2.49. The number of nitrogens with one attached hydrogen (secondary N) is 1. The Hall–Kier alpha value is -4.20. The summed E-state index contributed by atoms with van der Waals surface area (Å²) in [5.41, 5.74) is 4.49. The van der Waals surface area contributed by atoms with Gasteiger partial charge < -0.3 is 10.2 Å². The normalized spacial score (nSPS) is 16.4. The summed E-state index contributed by atoms with van der Waals surface area (Å²) in [5.74, 6) is 1.20. The molecule has 248 valence electrons. The molecule has 0 saturated heterocycles. The molecule has 1 heterocycles. The minimum absolute atomic E-state index is 0.0994. The lowest BCUT2D eigenvalue weighted by Gasteiger charge is -2.32. The van der Waals surface area contributed by atoms with Crippen molar-refractivity contribution in [1.29, 1.82) is 0 Å². The van der Waals surface area contributed by atoms with Gasteiger partial charge >= 0.3 is 0 Å². The van der Waals surface area contributed by atoms with E-state index in [-0.39, 0.29) is 38.0 Å². The van der Waals surface area contributed by atoms with Crippen molar-refractivity contribution >= 4 is 22.7 Å². The van der Waals surface area contributed by atoms with Gasteiger partial charge in [0, 0.05) is 59.8 Å². The molecule has 0 radical (unpaired) electrons. The van der Waals surface area contributed by atoms with Gasteiger partial charge in [0.05, 0.1) is 9.85 Å². The maximum Gasteiger partial charge on any atom is 0.269 e. The van der Waals surface area contributed by atoms with Crippen LogP contribution in [-0.4, -0.2) is 22.9 Å². The molecule has 1 atom stereocenters. The number of non-ortho nitro benzene ring substituents is 2. The molecule has 0 saturated carbocycles. The fraction of sp³-hybridized carbons (Fsp3) is 0.474. The standard InChI is InChI=1S/C38H52N4O4/c1-27(2)21-23-39-34-19-17-30(41(43)44)25-32(34)37(6,7)29(5)15-13-11-10-12-14-16-36-38(8,9)33-26-31(42(45)46)18-20-35(33)40(36)24-22-28(3)4/h10-20,25-29,39H,21-24H2,1-9H3/b11-10+,14-12+,15-13+,36-16+/t29-/m1/s1. The molecule has 8 nitrogen and oxygen atoms in total. The Labute approximate surface area is 275 Å². The highest BCUT2D eigenvalue weighted by Gasteiger charge is 2.40. The summed E-state index contributed by atoms with van der Waals surface area (Å²) in [5, 5.41) is 26.6. The van der Waals surface area contributed by atoms with Crippen LogP contribution in [0.15, 0.2) is 84.6 Å². The molecule has 0 unspecified atom stereocenters. The number of nitro benzene ring substituents is 2. The zero-order valence-electron chi connectivity index (χ0n) is 29.0. The number of anilines is 2. The van der Waals surface area contributed by atoms with Crippen molar-refractivity contribution in [2.75, 3.05) is 23.3 Å². The largest absolute Gasteiger partial charge is 0.385 e. The molecule has 8 heteroatoms. The van der Waals surface area contributed by atoms with E-state index in [4.69, 9.17) is 0 Å². The van der Waals surface area contributed by atoms with Gasteiger partial charge in [-0.3, -0.25) is 20.2 Å². The lowest BCUT2D eigenvalue weighted by atomic mass is 9.73. The van der Waals surface area contributed by atoms with Crippen molar-refractivity contribution in [3.63, 3.8) is 0 Å². The van der Waals surface area contributed by atoms with Crippen molar-refractivity contribution in [3.8, 4) is 0 Å². The first-order valence-electron chi connectivity index (χ1n) is 16.4. The summed E-state index contributed by atoms with van der Waals surface area (Å²) >= 11 is 0. The van der Waals surface area contributed by atoms with E-state index >= 15 is 0 Å². The van der Waals surface area contributed by atoms with Gasteiger partial charge in [0.2, 0.25) is 0 Å². The van der Waals surface area contributed by atoms with Crippen LogP contribution in [0.2, 0.25) is 0 Å². The van der Waals surface area contributed by atoms with Gasteiger partial charge in [-0.15, -0.1) is 0 Å². The Kier molecular flexibility index (Phi) is 12.1. The van der Waals surface area contributed by atoms with E-state index in [1.165, 1.54) is 0 Å². The van der Waals surface area contributed by atoms with Gasteiger partial charge in [0.15, 0.2) is 0 Å². The van der Waals surface area contributed by atoms with Crippen molar-refractivity contribution in [3.05, 3.63) is 116 Å². The third-order valence-electron chi connectivity index (χ3n) is 9.20. The van der Waals surface area contributed by atoms with Gasteiger partial charge in [-0.05, 0) is 65.3 Å². The van der Waals surface area contributed by atoms with Crippen molar-refractivity contribution in [2.45, 2.75) is 86.0 Å². The minimum atomic E-state index is -0.373. The van der Waals surface area contributed by atoms with Crippen LogP contribution < -0.4 is 10.2 Å². The van der Waals surface area contributed by atoms with E-state index in [1.807, 2.05) is 42.5 Å². The molecule has 0 aromatic heterocycles. The summed E-state index contributed by atoms with van der Waals surface area (Å²) < 4.78 is 0. The van der Waals surface area contributed by atoms with E-state index in [0.717, 1.165) is 54.1 Å². The topological polar surface area (TPSA) is 102 Å². The fourth-order valence-corrected chi connectivity index (χ4v) is 5.79. The Morgan fingerprint density at radius 1 is 0.848 bits per heavy atom. The molecule has 2 aromatic rings. The predicted octanol–water partition coefficient (Wildman–Crippen LogP) is 10.3. The molecule has 1 aliphatic rings. The average molecular weight is 629 g/mol. The third-order valence-corrected chi connectivity index (χ3v) is 9.20. The molecule has 46 heavy (non-hydrogen) atoms. The number of nitro groups is 2. The molecule has 0 fully saturated rings. The zero-order valence-corrected chi connectivity index (χ0v) is 29.0. The Balaban J connectivity index is 1.78. The first-order chi connectivity index (χ1) is 21.6. The molecule has 3 rings (SSSR count). The fourth-order valence-electron chi connectivity index (χ4n) is 5.79. The van der Waals surface area contributed by atoms with Crippen LogP contribution in [0.4, 0.5) is 22.7 Å². The summed E-state index contributed by atoms with van der Waals surface area (Å²) in [7, 11) is 0. The number of hydrogen-bond acceptors (Lipinski definition) is 6. The average Bonchev–Trinajstić information content (AvgIpc) is 3.19. The first kappa shape index (κ1) is 36.3. The summed E-state index contributed by atoms with van der Waals surface area (Å²) in [6, 6.07) is 10.3. The number of nitrogens with zero attached hydrogens (tertiary/aromatic N) is 3. The van der Waals surface area contributed by atoms with Crippen LogP contribution >= 0.6 is 0 Å². The smallest absolute Gasteiger partial charge is 0.269 e. The predicted molar refractivity (Wildman–Crippen MR) is 192 cm³/mol. The van der Waals surface area contributed by atoms with Crippen molar-refractivity contribution < 1.29 is 9.85 Å². The van der Waals surface area contributed by atoms with Crippen LogP contribution in [0.5, 0.6) is 0 Å². The number of benzene rings is 2.